The van der Waals surface area contributed by atoms with Crippen molar-refractivity contribution in [3.8, 4) is 11.4 Å². The zero-order valence-corrected chi connectivity index (χ0v) is 18.7. The molecule has 4 aromatic rings. The molecule has 0 unspecified atom stereocenters. The summed E-state index contributed by atoms with van der Waals surface area (Å²) in [6.07, 6.45) is 1.66. The summed E-state index contributed by atoms with van der Waals surface area (Å²) in [4.78, 5) is 26.0. The molecule has 0 fully saturated rings. The van der Waals surface area contributed by atoms with E-state index < -0.39 is 23.7 Å². The largest absolute Gasteiger partial charge is 0.388 e. The summed E-state index contributed by atoms with van der Waals surface area (Å²) in [5.41, 5.74) is 0.537. The predicted molar refractivity (Wildman–Crippen MR) is 118 cm³/mol. The van der Waals surface area contributed by atoms with Crippen LogP contribution >= 0.6 is 11.6 Å². The van der Waals surface area contributed by atoms with Gasteiger partial charge in [0.15, 0.2) is 5.82 Å². The van der Waals surface area contributed by atoms with Gasteiger partial charge >= 0.3 is 5.69 Å². The van der Waals surface area contributed by atoms with Crippen LogP contribution in [0.4, 0.5) is 4.39 Å². The monoisotopic (exact) mass is 460 g/mol. The van der Waals surface area contributed by atoms with Crippen LogP contribution in [0.25, 0.3) is 22.1 Å². The molecule has 0 bridgehead atoms. The Kier molecular flexibility index (Phi) is 5.51. The van der Waals surface area contributed by atoms with Crippen molar-refractivity contribution in [2.45, 2.75) is 46.8 Å². The smallest absolute Gasteiger partial charge is 0.350 e. The van der Waals surface area contributed by atoms with E-state index in [0.29, 0.717) is 16.8 Å². The fraction of sp³-hybridized carbons (Fsp3) is 0.333. The second-order valence-corrected chi connectivity index (χ2v) is 8.13. The van der Waals surface area contributed by atoms with Crippen molar-refractivity contribution in [3.63, 3.8) is 0 Å². The number of hydrogen-bond acceptors (Lipinski definition) is 5. The first-order valence-corrected chi connectivity index (χ1v) is 10.5. The van der Waals surface area contributed by atoms with Crippen LogP contribution in [0.5, 0.6) is 0 Å². The van der Waals surface area contributed by atoms with Gasteiger partial charge in [-0.1, -0.05) is 25.4 Å². The van der Waals surface area contributed by atoms with E-state index in [-0.39, 0.29) is 34.5 Å². The molecule has 168 valence electrons. The lowest BCUT2D eigenvalue weighted by Gasteiger charge is -2.16. The highest BCUT2D eigenvalue weighted by Gasteiger charge is 2.22. The SMILES string of the molecule is CCn1c(CO)nn(-c2cc3c(C(C)C)cn(-c4c(C)n[nH]c4Cl)c(=O)c3cc2F)c1=O. The molecule has 0 aliphatic carbocycles. The van der Waals surface area contributed by atoms with Gasteiger partial charge in [-0.05, 0) is 42.8 Å². The number of nitrogens with zero attached hydrogens (tertiary/aromatic N) is 5. The molecule has 9 nitrogen and oxygen atoms in total. The molecule has 0 aliphatic rings. The lowest BCUT2D eigenvalue weighted by molar-refractivity contribution is 0.264. The Labute approximate surface area is 186 Å². The van der Waals surface area contributed by atoms with E-state index in [2.05, 4.69) is 15.3 Å². The lowest BCUT2D eigenvalue weighted by Crippen LogP contribution is -2.25. The van der Waals surface area contributed by atoms with Crippen molar-refractivity contribution in [2.24, 2.45) is 0 Å². The van der Waals surface area contributed by atoms with E-state index in [4.69, 9.17) is 11.6 Å². The van der Waals surface area contributed by atoms with Crippen LogP contribution in [0.3, 0.4) is 0 Å². The van der Waals surface area contributed by atoms with Crippen LogP contribution in [0.2, 0.25) is 5.15 Å². The summed E-state index contributed by atoms with van der Waals surface area (Å²) in [6.45, 7) is 7.14. The maximum atomic E-state index is 15.2. The highest BCUT2D eigenvalue weighted by Crippen LogP contribution is 2.29. The van der Waals surface area contributed by atoms with Crippen LogP contribution < -0.4 is 11.2 Å². The number of aromatic amines is 1. The van der Waals surface area contributed by atoms with E-state index in [1.165, 1.54) is 15.2 Å². The van der Waals surface area contributed by atoms with Crippen molar-refractivity contribution in [1.29, 1.82) is 0 Å². The Morgan fingerprint density at radius 1 is 1.25 bits per heavy atom. The third-order valence-electron chi connectivity index (χ3n) is 5.48. The summed E-state index contributed by atoms with van der Waals surface area (Å²) in [6, 6.07) is 2.56. The number of halogens is 2. The normalized spacial score (nSPS) is 11.8. The predicted octanol–water partition coefficient (Wildman–Crippen LogP) is 2.80. The quantitative estimate of drug-likeness (QED) is 0.475. The van der Waals surface area contributed by atoms with Crippen molar-refractivity contribution >= 4 is 22.4 Å². The van der Waals surface area contributed by atoms with Crippen LogP contribution in [-0.2, 0) is 13.2 Å². The number of aryl methyl sites for hydroxylation is 1. The molecule has 0 saturated carbocycles. The zero-order valence-electron chi connectivity index (χ0n) is 18.0. The number of benzene rings is 1. The van der Waals surface area contributed by atoms with E-state index in [1.807, 2.05) is 13.8 Å². The number of pyridine rings is 1. The van der Waals surface area contributed by atoms with Gasteiger partial charge in [-0.2, -0.15) is 9.78 Å². The molecule has 1 aromatic carbocycles. The van der Waals surface area contributed by atoms with Crippen molar-refractivity contribution < 1.29 is 9.50 Å². The number of aliphatic hydroxyl groups is 1. The van der Waals surface area contributed by atoms with Gasteiger partial charge in [0.25, 0.3) is 5.56 Å². The van der Waals surface area contributed by atoms with Crippen LogP contribution in [0, 0.1) is 12.7 Å². The van der Waals surface area contributed by atoms with Crippen molar-refractivity contribution in [2.75, 3.05) is 0 Å². The van der Waals surface area contributed by atoms with Crippen LogP contribution in [0.1, 0.15) is 43.8 Å². The molecular formula is C21H22ClFN6O3. The van der Waals surface area contributed by atoms with E-state index in [9.17, 15) is 14.7 Å². The molecule has 0 amide bonds. The molecule has 4 rings (SSSR count). The topological polar surface area (TPSA) is 111 Å². The fourth-order valence-electron chi connectivity index (χ4n) is 3.87. The molecule has 0 spiro atoms. The highest BCUT2D eigenvalue weighted by molar-refractivity contribution is 6.31. The molecule has 11 heteroatoms. The molecule has 3 aromatic heterocycles. The van der Waals surface area contributed by atoms with Gasteiger partial charge in [0.1, 0.15) is 29.0 Å². The van der Waals surface area contributed by atoms with Crippen molar-refractivity contribution in [3.05, 3.63) is 67.2 Å². The molecule has 0 saturated heterocycles. The highest BCUT2D eigenvalue weighted by atomic mass is 35.5. The Hall–Kier alpha value is -3.24. The summed E-state index contributed by atoms with van der Waals surface area (Å²) >= 11 is 6.21. The standard InChI is InChI=1S/C21H22ClFN6O3/c1-5-27-17(9-30)26-29(21(27)32)16-7-12-13(6-15(16)23)20(31)28(8-14(12)10(2)3)18-11(4)24-25-19(18)22/h6-8,10,30H,5,9H2,1-4H3,(H,24,25). The van der Waals surface area contributed by atoms with Gasteiger partial charge in [0, 0.05) is 12.7 Å². The lowest BCUT2D eigenvalue weighted by atomic mass is 9.97. The minimum atomic E-state index is -0.788. The molecule has 32 heavy (non-hydrogen) atoms. The molecule has 2 N–H and O–H groups in total. The first kappa shape index (κ1) is 22.0. The molecular weight excluding hydrogens is 439 g/mol. The minimum absolute atomic E-state index is 0.0356. The second-order valence-electron chi connectivity index (χ2n) is 7.75. The third-order valence-corrected chi connectivity index (χ3v) is 5.74. The van der Waals surface area contributed by atoms with Crippen LogP contribution in [0.15, 0.2) is 27.9 Å². The number of fused-ring (bicyclic) bond motifs is 1. The second kappa shape index (κ2) is 8.03. The Morgan fingerprint density at radius 3 is 2.50 bits per heavy atom. The molecule has 0 radical (unpaired) electrons. The number of rotatable bonds is 5. The first-order chi connectivity index (χ1) is 15.2. The van der Waals surface area contributed by atoms with Gasteiger partial charge in [-0.15, -0.1) is 5.10 Å². The van der Waals surface area contributed by atoms with Gasteiger partial charge < -0.3 is 5.11 Å². The molecule has 0 aliphatic heterocycles. The fourth-order valence-corrected chi connectivity index (χ4v) is 4.14. The average Bonchev–Trinajstić information content (AvgIpc) is 3.26. The summed E-state index contributed by atoms with van der Waals surface area (Å²) in [5, 5.41) is 21.1. The van der Waals surface area contributed by atoms with Gasteiger partial charge in [-0.3, -0.25) is 19.0 Å². The summed E-state index contributed by atoms with van der Waals surface area (Å²) < 4.78 is 18.7. The summed E-state index contributed by atoms with van der Waals surface area (Å²) in [5.74, 6) is -0.697. The van der Waals surface area contributed by atoms with E-state index >= 15 is 4.39 Å². The number of nitrogens with one attached hydrogen (secondary N) is 1. The minimum Gasteiger partial charge on any atom is -0.388 e. The van der Waals surface area contributed by atoms with Gasteiger partial charge in [-0.25, -0.2) is 9.18 Å². The van der Waals surface area contributed by atoms with E-state index in [0.717, 1.165) is 16.3 Å². The maximum Gasteiger partial charge on any atom is 0.350 e. The number of H-pyrrole nitrogens is 1. The maximum absolute atomic E-state index is 15.2. The first-order valence-electron chi connectivity index (χ1n) is 10.1. The third kappa shape index (κ3) is 3.26. The molecule has 0 atom stereocenters. The number of hydrogen-bond donors (Lipinski definition) is 2. The van der Waals surface area contributed by atoms with Gasteiger partial charge in [0.2, 0.25) is 0 Å². The van der Waals surface area contributed by atoms with Gasteiger partial charge in [0.05, 0.1) is 11.1 Å². The molecule has 3 heterocycles. The number of aliphatic hydroxyl groups excluding tert-OH is 1. The Bertz CT molecular complexity index is 1440. The zero-order chi connectivity index (χ0) is 23.3. The summed E-state index contributed by atoms with van der Waals surface area (Å²) in [7, 11) is 0. The Balaban J connectivity index is 2.07. The average molecular weight is 461 g/mol. The van der Waals surface area contributed by atoms with Crippen LogP contribution in [-0.4, -0.2) is 34.2 Å². The van der Waals surface area contributed by atoms with E-state index in [1.54, 1.807) is 20.0 Å². The Morgan fingerprint density at radius 2 is 1.97 bits per heavy atom. The van der Waals surface area contributed by atoms with Crippen molar-refractivity contribution in [1.82, 2.24) is 29.1 Å². The number of aromatic nitrogens is 6.